The Morgan fingerprint density at radius 2 is 1.74 bits per heavy atom. The van der Waals surface area contributed by atoms with Crippen molar-refractivity contribution in [1.82, 2.24) is 0 Å². The minimum absolute atomic E-state index is 0.0474. The highest BCUT2D eigenvalue weighted by Crippen LogP contribution is 2.30. The lowest BCUT2D eigenvalue weighted by Crippen LogP contribution is -2.43. The number of rotatable bonds is 6. The maximum Gasteiger partial charge on any atom is 0.305 e. The second-order valence-electron chi connectivity index (χ2n) is 6.06. The Balaban J connectivity index is 3.01. The third-order valence-electron chi connectivity index (χ3n) is 3.61. The van der Waals surface area contributed by atoms with Crippen molar-refractivity contribution in [1.29, 1.82) is 0 Å². The molecule has 1 rings (SSSR count). The van der Waals surface area contributed by atoms with E-state index in [2.05, 4.69) is 26.0 Å². The fourth-order valence-corrected chi connectivity index (χ4v) is 2.31. The lowest BCUT2D eigenvalue weighted by atomic mass is 9.78. The Bertz CT molecular complexity index is 423. The van der Waals surface area contributed by atoms with E-state index in [4.69, 9.17) is 10.8 Å². The van der Waals surface area contributed by atoms with Crippen molar-refractivity contribution in [3.8, 4) is 0 Å². The summed E-state index contributed by atoms with van der Waals surface area (Å²) >= 11 is 0. The van der Waals surface area contributed by atoms with Crippen LogP contribution in [0.1, 0.15) is 45.2 Å². The van der Waals surface area contributed by atoms with Gasteiger partial charge in [-0.2, -0.15) is 0 Å². The largest absolute Gasteiger partial charge is 0.481 e. The van der Waals surface area contributed by atoms with Crippen LogP contribution in [-0.4, -0.2) is 11.1 Å². The molecular weight excluding hydrogens is 238 g/mol. The van der Waals surface area contributed by atoms with Crippen LogP contribution in [0.5, 0.6) is 0 Å². The third kappa shape index (κ3) is 4.06. The summed E-state index contributed by atoms with van der Waals surface area (Å²) in [6, 6.07) is 8.06. The number of benzene rings is 1. The molecule has 1 aromatic carbocycles. The molecule has 0 fully saturated rings. The zero-order valence-corrected chi connectivity index (χ0v) is 12.3. The number of carboxylic acid groups (broad SMARTS) is 1. The number of hydrogen-bond donors (Lipinski definition) is 2. The number of nitrogens with two attached hydrogens (primary N) is 1. The van der Waals surface area contributed by atoms with Crippen molar-refractivity contribution in [3.05, 3.63) is 35.4 Å². The number of carboxylic acids is 1. The predicted molar refractivity (Wildman–Crippen MR) is 77.9 cm³/mol. The molecule has 0 aliphatic carbocycles. The molecule has 0 saturated carbocycles. The molecule has 0 aliphatic heterocycles. The third-order valence-corrected chi connectivity index (χ3v) is 3.61. The summed E-state index contributed by atoms with van der Waals surface area (Å²) in [5.74, 6) is -0.181. The van der Waals surface area contributed by atoms with Gasteiger partial charge in [0.15, 0.2) is 0 Å². The predicted octanol–water partition coefficient (Wildman–Crippen LogP) is 3.17. The number of aliphatic carboxylic acids is 1. The smallest absolute Gasteiger partial charge is 0.305 e. The molecular formula is C16H25NO2. The second-order valence-corrected chi connectivity index (χ2v) is 6.06. The van der Waals surface area contributed by atoms with Gasteiger partial charge in [-0.25, -0.2) is 0 Å². The number of hydrogen-bond acceptors (Lipinski definition) is 2. The van der Waals surface area contributed by atoms with Gasteiger partial charge in [-0.1, -0.05) is 52.0 Å². The van der Waals surface area contributed by atoms with E-state index >= 15 is 0 Å². The maximum atomic E-state index is 11.0. The summed E-state index contributed by atoms with van der Waals surface area (Å²) in [7, 11) is 0. The van der Waals surface area contributed by atoms with Crippen molar-refractivity contribution in [3.63, 3.8) is 0 Å². The summed E-state index contributed by atoms with van der Waals surface area (Å²) in [6.07, 6.45) is 0.979. The summed E-state index contributed by atoms with van der Waals surface area (Å²) in [6.45, 7) is 8.29. The molecule has 3 nitrogen and oxygen atoms in total. The molecule has 0 amide bonds. The van der Waals surface area contributed by atoms with E-state index < -0.39 is 11.5 Å². The highest BCUT2D eigenvalue weighted by molar-refractivity contribution is 5.69. The Morgan fingerprint density at radius 1 is 1.21 bits per heavy atom. The van der Waals surface area contributed by atoms with Gasteiger partial charge in [0.2, 0.25) is 0 Å². The van der Waals surface area contributed by atoms with Crippen LogP contribution in [0.15, 0.2) is 24.3 Å². The summed E-state index contributed by atoms with van der Waals surface area (Å²) < 4.78 is 0. The van der Waals surface area contributed by atoms with Gasteiger partial charge in [-0.15, -0.1) is 0 Å². The zero-order valence-electron chi connectivity index (χ0n) is 12.3. The van der Waals surface area contributed by atoms with E-state index in [1.807, 2.05) is 26.0 Å². The molecule has 0 aliphatic rings. The van der Waals surface area contributed by atoms with Crippen LogP contribution in [-0.2, 0) is 16.8 Å². The molecule has 3 heteroatoms. The van der Waals surface area contributed by atoms with Gasteiger partial charge in [0.25, 0.3) is 0 Å². The molecule has 1 unspecified atom stereocenters. The maximum absolute atomic E-state index is 11.0. The molecule has 0 bridgehead atoms. The first kappa shape index (κ1) is 15.7. The van der Waals surface area contributed by atoms with Gasteiger partial charge in [-0.3, -0.25) is 4.79 Å². The minimum atomic E-state index is -0.859. The normalized spacial score (nSPS) is 14.7. The minimum Gasteiger partial charge on any atom is -0.481 e. The van der Waals surface area contributed by atoms with Gasteiger partial charge in [0, 0.05) is 0 Å². The zero-order chi connectivity index (χ0) is 14.6. The van der Waals surface area contributed by atoms with Crippen molar-refractivity contribution in [2.45, 2.75) is 46.1 Å². The molecule has 0 aromatic heterocycles. The van der Waals surface area contributed by atoms with Crippen LogP contribution in [0, 0.1) is 11.8 Å². The van der Waals surface area contributed by atoms with Crippen LogP contribution < -0.4 is 5.73 Å². The molecule has 0 radical (unpaired) electrons. The first-order chi connectivity index (χ1) is 8.75. The van der Waals surface area contributed by atoms with E-state index in [1.54, 1.807) is 0 Å². The number of carbonyl (C=O) groups is 1. The van der Waals surface area contributed by atoms with Gasteiger partial charge >= 0.3 is 5.97 Å². The van der Waals surface area contributed by atoms with E-state index in [1.165, 1.54) is 5.56 Å². The molecule has 19 heavy (non-hydrogen) atoms. The Hall–Kier alpha value is -1.35. The van der Waals surface area contributed by atoms with Gasteiger partial charge in [0.1, 0.15) is 0 Å². The standard InChI is InChI=1S/C16H25NO2/c1-11(2)9-13-5-7-14(8-6-13)16(17,12(3)4)10-15(18)19/h5-8,11-12H,9-10,17H2,1-4H3,(H,18,19). The van der Waals surface area contributed by atoms with Crippen molar-refractivity contribution < 1.29 is 9.90 Å². The van der Waals surface area contributed by atoms with Crippen LogP contribution in [0.4, 0.5) is 0 Å². The second kappa shape index (κ2) is 6.20. The molecule has 1 atom stereocenters. The fraction of sp³-hybridized carbons (Fsp3) is 0.562. The molecule has 0 spiro atoms. The monoisotopic (exact) mass is 263 g/mol. The first-order valence-corrected chi connectivity index (χ1v) is 6.85. The fourth-order valence-electron chi connectivity index (χ4n) is 2.31. The Morgan fingerprint density at radius 3 is 2.11 bits per heavy atom. The lowest BCUT2D eigenvalue weighted by molar-refractivity contribution is -0.139. The van der Waals surface area contributed by atoms with Crippen LogP contribution in [0.25, 0.3) is 0 Å². The van der Waals surface area contributed by atoms with Crippen molar-refractivity contribution in [2.24, 2.45) is 17.6 Å². The van der Waals surface area contributed by atoms with Gasteiger partial charge < -0.3 is 10.8 Å². The van der Waals surface area contributed by atoms with E-state index in [0.717, 1.165) is 12.0 Å². The summed E-state index contributed by atoms with van der Waals surface area (Å²) in [5, 5.41) is 9.05. The lowest BCUT2D eigenvalue weighted by Gasteiger charge is -2.33. The SMILES string of the molecule is CC(C)Cc1ccc(C(N)(CC(=O)O)C(C)C)cc1. The molecule has 1 aromatic rings. The highest BCUT2D eigenvalue weighted by atomic mass is 16.4. The van der Waals surface area contributed by atoms with Crippen LogP contribution >= 0.6 is 0 Å². The molecule has 3 N–H and O–H groups in total. The average Bonchev–Trinajstić information content (AvgIpc) is 2.27. The van der Waals surface area contributed by atoms with E-state index in [-0.39, 0.29) is 12.3 Å². The van der Waals surface area contributed by atoms with E-state index in [9.17, 15) is 4.79 Å². The first-order valence-electron chi connectivity index (χ1n) is 6.85. The van der Waals surface area contributed by atoms with E-state index in [0.29, 0.717) is 5.92 Å². The topological polar surface area (TPSA) is 63.3 Å². The Labute approximate surface area is 115 Å². The van der Waals surface area contributed by atoms with Crippen molar-refractivity contribution >= 4 is 5.97 Å². The van der Waals surface area contributed by atoms with Crippen LogP contribution in [0.3, 0.4) is 0 Å². The highest BCUT2D eigenvalue weighted by Gasteiger charge is 2.33. The quantitative estimate of drug-likeness (QED) is 0.828. The average molecular weight is 263 g/mol. The molecule has 106 valence electrons. The van der Waals surface area contributed by atoms with Crippen molar-refractivity contribution in [2.75, 3.05) is 0 Å². The van der Waals surface area contributed by atoms with Crippen LogP contribution in [0.2, 0.25) is 0 Å². The molecule has 0 saturated heterocycles. The van der Waals surface area contributed by atoms with Gasteiger partial charge in [-0.05, 0) is 29.4 Å². The summed E-state index contributed by atoms with van der Waals surface area (Å²) in [4.78, 5) is 11.0. The Kier molecular flexibility index (Phi) is 5.12. The summed E-state index contributed by atoms with van der Waals surface area (Å²) in [5.41, 5.74) is 7.69. The van der Waals surface area contributed by atoms with Gasteiger partial charge in [0.05, 0.1) is 12.0 Å². The molecule has 0 heterocycles.